The van der Waals surface area contributed by atoms with E-state index in [0.717, 1.165) is 59.6 Å². The normalized spacial score (nSPS) is 12.8. The number of non-ortho nitro benzene ring substituents is 1. The summed E-state index contributed by atoms with van der Waals surface area (Å²) >= 11 is 2.92. The number of thioether (sulfide) groups is 3. The number of nitro groups is 1. The zero-order valence-corrected chi connectivity index (χ0v) is 53.9. The van der Waals surface area contributed by atoms with Gasteiger partial charge in [0, 0.05) is 39.4 Å². The van der Waals surface area contributed by atoms with Gasteiger partial charge in [-0.25, -0.2) is 0 Å². The third-order valence-electron chi connectivity index (χ3n) is 11.4. The lowest BCUT2D eigenvalue weighted by molar-refractivity contribution is -0.385. The highest BCUT2D eigenvalue weighted by Gasteiger charge is 2.22. The molecule has 90 heavy (non-hydrogen) atoms. The Bertz CT molecular complexity index is 4490. The van der Waals surface area contributed by atoms with E-state index in [-0.39, 0.29) is 133 Å². The Morgan fingerprint density at radius 2 is 1.02 bits per heavy atom. The first kappa shape index (κ1) is 72.1. The quantitative estimate of drug-likeness (QED) is 0.00352. The van der Waals surface area contributed by atoms with Crippen molar-refractivity contribution in [3.05, 3.63) is 100 Å². The third-order valence-corrected chi connectivity index (χ3v) is 19.5. The highest BCUT2D eigenvalue weighted by atomic mass is 32.2. The van der Waals surface area contributed by atoms with Crippen LogP contribution in [0.25, 0.3) is 0 Å². The summed E-state index contributed by atoms with van der Waals surface area (Å²) in [4.78, 5) is 22.9. The van der Waals surface area contributed by atoms with E-state index in [1.165, 1.54) is 55.5 Å². The minimum atomic E-state index is -5.09. The number of nitrogens with one attached hydrogen (secondary N) is 2. The van der Waals surface area contributed by atoms with Crippen LogP contribution in [-0.2, 0) is 60.7 Å². The average molecular weight is 1420 g/mol. The van der Waals surface area contributed by atoms with Crippen LogP contribution < -0.4 is 21.1 Å². The van der Waals surface area contributed by atoms with Crippen LogP contribution in [0.1, 0.15) is 36.8 Å². The molecule has 486 valence electrons. The standard InChI is InChI=1S/C47H53N13O21S9/c1-28-20-33(48)41(81-12-4-16-85(63,64)65)25-35(28)55-59-40-24-37(50-46-51-45(49-30-8-3-9-32(22-30)89(75,76)77)52-47(53-46)84-15-7-19-88(72,73)74)38(27-43(40)83-14-6-18-87(69,70)71)57-58-39-21-29(2)36(26-42(39)82-13-5-17-86(66,67)68)56-54-34-11-10-31(60(61)62)23-44(34)90(78,79)80/h3,8-11,20-27H,4-7,12-19,48H2,1-2H3,(H,63,64,65)(H,66,67,68)(H,69,70,71)(H,72,73,74)(H,75,76,77)(H,78,79,80)(H2,49,50,51,52,53). The first-order valence-electron chi connectivity index (χ1n) is 25.3. The number of aromatic nitrogens is 3. The van der Waals surface area contributed by atoms with Crippen molar-refractivity contribution in [1.82, 2.24) is 15.0 Å². The molecule has 43 heteroatoms. The number of hydrogen-bond acceptors (Lipinski definition) is 30. The first-order chi connectivity index (χ1) is 41.9. The predicted molar refractivity (Wildman–Crippen MR) is 333 cm³/mol. The molecule has 5 aromatic carbocycles. The number of nitrogen functional groups attached to an aromatic ring is 1. The fourth-order valence-corrected chi connectivity index (χ4v) is 13.7. The number of rotatable bonds is 33. The van der Waals surface area contributed by atoms with Gasteiger partial charge in [-0.3, -0.25) is 37.4 Å². The van der Waals surface area contributed by atoms with E-state index in [0.29, 0.717) is 11.6 Å². The minimum absolute atomic E-state index is 0.00862. The molecule has 0 spiro atoms. The molecule has 0 fully saturated rings. The molecule has 0 aliphatic rings. The SMILES string of the molecule is Cc1cc(N)c(OCCCS(=O)(=O)O)cc1N=Nc1cc(Nc2nc(Nc3cccc(S(=O)(=O)O)c3)nc(SCCCS(=O)(=O)O)n2)c(N=Nc2cc(C)c(N=Nc3ccc([N+](=O)[O-])cc3S(=O)(=O)O)cc2SCCCS(=O)(=O)O)cc1SCCCS(=O)(=O)O. The molecule has 0 bridgehead atoms. The Labute approximate surface area is 527 Å². The number of azo groups is 3. The van der Waals surface area contributed by atoms with Gasteiger partial charge in [-0.05, 0) is 117 Å². The molecule has 0 saturated heterocycles. The molecule has 34 nitrogen and oxygen atoms in total. The predicted octanol–water partition coefficient (Wildman–Crippen LogP) is 9.97. The molecule has 0 aliphatic carbocycles. The van der Waals surface area contributed by atoms with Gasteiger partial charge in [-0.15, -0.1) is 44.0 Å². The molecule has 0 amide bonds. The molecule has 0 aliphatic heterocycles. The molecule has 10 N–H and O–H groups in total. The van der Waals surface area contributed by atoms with Crippen LogP contribution in [0.5, 0.6) is 5.75 Å². The fraction of sp³-hybridized carbons (Fsp3) is 0.298. The second-order valence-electron chi connectivity index (χ2n) is 18.6. The van der Waals surface area contributed by atoms with Crippen LogP contribution in [0.15, 0.2) is 134 Å². The lowest BCUT2D eigenvalue weighted by Crippen LogP contribution is -2.09. The lowest BCUT2D eigenvalue weighted by atomic mass is 10.1. The summed E-state index contributed by atoms with van der Waals surface area (Å²) in [5, 5.41) is 43.4. The average Bonchev–Trinajstić information content (AvgIpc) is 1.000. The van der Waals surface area contributed by atoms with Gasteiger partial charge in [-0.2, -0.15) is 75.7 Å². The summed E-state index contributed by atoms with van der Waals surface area (Å²) in [7, 11) is -27.4. The Kier molecular flexibility index (Phi) is 24.7. The number of nitrogens with two attached hydrogens (primary N) is 1. The van der Waals surface area contributed by atoms with E-state index in [1.807, 2.05) is 0 Å². The van der Waals surface area contributed by atoms with Gasteiger partial charge < -0.3 is 21.1 Å². The van der Waals surface area contributed by atoms with Crippen molar-refractivity contribution >= 4 is 165 Å². The van der Waals surface area contributed by atoms with E-state index >= 15 is 0 Å². The summed E-state index contributed by atoms with van der Waals surface area (Å²) in [5.74, 6) is -3.00. The van der Waals surface area contributed by atoms with E-state index in [1.54, 1.807) is 6.92 Å². The summed E-state index contributed by atoms with van der Waals surface area (Å²) in [6.45, 7) is 2.97. The van der Waals surface area contributed by atoms with Gasteiger partial charge in [0.25, 0.3) is 66.4 Å². The van der Waals surface area contributed by atoms with Crippen molar-refractivity contribution in [3.8, 4) is 5.75 Å². The number of ether oxygens (including phenoxy) is 1. The van der Waals surface area contributed by atoms with E-state index < -0.39 is 110 Å². The third kappa shape index (κ3) is 24.0. The van der Waals surface area contributed by atoms with Crippen molar-refractivity contribution in [2.45, 2.75) is 64.3 Å². The van der Waals surface area contributed by atoms with Gasteiger partial charge in [-0.1, -0.05) is 17.8 Å². The van der Waals surface area contributed by atoms with Crippen LogP contribution in [0.3, 0.4) is 0 Å². The maximum atomic E-state index is 12.3. The number of aryl methyl sites for hydroxylation is 2. The molecule has 6 rings (SSSR count). The minimum Gasteiger partial charge on any atom is -0.491 e. The van der Waals surface area contributed by atoms with Crippen molar-refractivity contribution in [2.75, 3.05) is 63.2 Å². The number of nitro benzene ring substituents is 1. The number of nitrogens with zero attached hydrogens (tertiary/aromatic N) is 10. The van der Waals surface area contributed by atoms with Crippen LogP contribution >= 0.6 is 35.3 Å². The molecule has 0 atom stereocenters. The number of hydrogen-bond donors (Lipinski definition) is 9. The van der Waals surface area contributed by atoms with Gasteiger partial charge in [0.05, 0.1) is 67.9 Å². The van der Waals surface area contributed by atoms with E-state index in [4.69, 9.17) is 10.5 Å². The molecular formula is C47H53N13O21S9. The van der Waals surface area contributed by atoms with Crippen molar-refractivity contribution < 1.29 is 87.5 Å². The zero-order chi connectivity index (χ0) is 66.4. The lowest BCUT2D eigenvalue weighted by Gasteiger charge is -2.14. The number of anilines is 5. The van der Waals surface area contributed by atoms with Gasteiger partial charge >= 0.3 is 0 Å². The molecule has 6 aromatic rings. The highest BCUT2D eigenvalue weighted by molar-refractivity contribution is 8.00. The summed E-state index contributed by atoms with van der Waals surface area (Å²) in [5.41, 5.74) is 6.14. The van der Waals surface area contributed by atoms with Crippen LogP contribution in [-0.4, -0.2) is 145 Å². The Hall–Kier alpha value is -6.98. The fourth-order valence-electron chi connectivity index (χ4n) is 7.25. The highest BCUT2D eigenvalue weighted by Crippen LogP contribution is 2.44. The summed E-state index contributed by atoms with van der Waals surface area (Å²) in [6.07, 6.45) is -0.414. The molecule has 1 aromatic heterocycles. The Balaban J connectivity index is 1.56. The Morgan fingerprint density at radius 3 is 1.58 bits per heavy atom. The first-order valence-corrected chi connectivity index (χ1v) is 37.6. The summed E-state index contributed by atoms with van der Waals surface area (Å²) in [6, 6.07) is 15.9. The molecule has 1 heterocycles. The summed E-state index contributed by atoms with van der Waals surface area (Å²) < 4.78 is 204. The largest absolute Gasteiger partial charge is 0.491 e. The molecular weight excluding hydrogens is 1370 g/mol. The monoisotopic (exact) mass is 1420 g/mol. The van der Waals surface area contributed by atoms with E-state index in [2.05, 4.69) is 56.3 Å². The zero-order valence-electron chi connectivity index (χ0n) is 46.5. The van der Waals surface area contributed by atoms with Crippen LogP contribution in [0.4, 0.5) is 68.8 Å². The molecule has 0 radical (unpaired) electrons. The van der Waals surface area contributed by atoms with E-state index in [9.17, 15) is 87.9 Å². The topological polar surface area (TPSA) is 542 Å². The smallest absolute Gasteiger partial charge is 0.297 e. The van der Waals surface area contributed by atoms with Crippen LogP contribution in [0.2, 0.25) is 0 Å². The van der Waals surface area contributed by atoms with Gasteiger partial charge in [0.2, 0.25) is 11.9 Å². The van der Waals surface area contributed by atoms with Gasteiger partial charge in [0.1, 0.15) is 27.7 Å². The van der Waals surface area contributed by atoms with Crippen molar-refractivity contribution in [1.29, 1.82) is 0 Å². The van der Waals surface area contributed by atoms with Crippen LogP contribution in [0, 0.1) is 24.0 Å². The maximum Gasteiger partial charge on any atom is 0.297 e. The maximum absolute atomic E-state index is 12.3. The van der Waals surface area contributed by atoms with Gasteiger partial charge in [0.15, 0.2) is 5.16 Å². The van der Waals surface area contributed by atoms with Crippen molar-refractivity contribution in [2.24, 2.45) is 30.7 Å². The second-order valence-corrected chi connectivity index (χ2v) is 31.0. The second kappa shape index (κ2) is 30.9. The molecule has 0 unspecified atom stereocenters. The van der Waals surface area contributed by atoms with Crippen molar-refractivity contribution in [3.63, 3.8) is 0 Å². The Morgan fingerprint density at radius 1 is 0.533 bits per heavy atom. The molecule has 0 saturated carbocycles. The number of benzene rings is 5.